The van der Waals surface area contributed by atoms with Crippen LogP contribution in [0.25, 0.3) is 0 Å². The molecule has 0 aliphatic rings. The zero-order valence-electron chi connectivity index (χ0n) is 9.90. The van der Waals surface area contributed by atoms with E-state index in [2.05, 4.69) is 5.32 Å². The zero-order chi connectivity index (χ0) is 12.8. The predicted molar refractivity (Wildman–Crippen MR) is 68.7 cm³/mol. The van der Waals surface area contributed by atoms with Crippen molar-refractivity contribution in [2.45, 2.75) is 24.0 Å². The second-order valence-electron chi connectivity index (χ2n) is 3.76. The van der Waals surface area contributed by atoms with Crippen molar-refractivity contribution in [2.24, 2.45) is 5.73 Å². The second-order valence-corrected chi connectivity index (χ2v) is 5.17. The van der Waals surface area contributed by atoms with Crippen LogP contribution >= 0.6 is 11.8 Å². The number of nitrogens with one attached hydrogen (secondary N) is 1. The fourth-order valence-electron chi connectivity index (χ4n) is 1.19. The topological polar surface area (TPSA) is 72.2 Å². The molecule has 17 heavy (non-hydrogen) atoms. The smallest absolute Gasteiger partial charge is 0.236 e. The van der Waals surface area contributed by atoms with Crippen molar-refractivity contribution < 1.29 is 9.59 Å². The zero-order valence-corrected chi connectivity index (χ0v) is 10.7. The summed E-state index contributed by atoms with van der Waals surface area (Å²) in [4.78, 5) is 23.1. The van der Waals surface area contributed by atoms with Crippen LogP contribution in [0.15, 0.2) is 29.2 Å². The van der Waals surface area contributed by atoms with Gasteiger partial charge < -0.3 is 11.1 Å². The van der Waals surface area contributed by atoms with Gasteiger partial charge in [-0.25, -0.2) is 0 Å². The van der Waals surface area contributed by atoms with Crippen LogP contribution in [0.3, 0.4) is 0 Å². The van der Waals surface area contributed by atoms with Gasteiger partial charge in [-0.2, -0.15) is 0 Å². The Hall–Kier alpha value is -1.49. The first-order valence-corrected chi connectivity index (χ1v) is 6.16. The van der Waals surface area contributed by atoms with Crippen LogP contribution < -0.4 is 11.1 Å². The van der Waals surface area contributed by atoms with Gasteiger partial charge in [0.2, 0.25) is 11.8 Å². The van der Waals surface area contributed by atoms with E-state index in [1.807, 2.05) is 31.2 Å². The second kappa shape index (κ2) is 6.30. The molecule has 0 unspecified atom stereocenters. The summed E-state index contributed by atoms with van der Waals surface area (Å²) in [7, 11) is 0. The van der Waals surface area contributed by atoms with E-state index in [0.717, 1.165) is 4.90 Å². The highest BCUT2D eigenvalue weighted by molar-refractivity contribution is 8.00. The Bertz CT molecular complexity index is 403. The van der Waals surface area contributed by atoms with Gasteiger partial charge in [0.15, 0.2) is 0 Å². The van der Waals surface area contributed by atoms with Crippen LogP contribution in [0.1, 0.15) is 12.5 Å². The number of thioether (sulfide) groups is 1. The number of hydrogen-bond donors (Lipinski definition) is 2. The molecule has 5 heteroatoms. The molecule has 0 bridgehead atoms. The molecule has 0 aliphatic carbocycles. The number of carbonyl (C=O) groups is 2. The Morgan fingerprint density at radius 1 is 1.35 bits per heavy atom. The van der Waals surface area contributed by atoms with Gasteiger partial charge >= 0.3 is 0 Å². The highest BCUT2D eigenvalue weighted by atomic mass is 32.2. The third-order valence-corrected chi connectivity index (χ3v) is 3.25. The maximum atomic E-state index is 11.6. The molecule has 0 saturated heterocycles. The average Bonchev–Trinajstić information content (AvgIpc) is 2.28. The van der Waals surface area contributed by atoms with Crippen molar-refractivity contribution in [3.63, 3.8) is 0 Å². The molecule has 92 valence electrons. The first-order valence-electron chi connectivity index (χ1n) is 5.28. The van der Waals surface area contributed by atoms with E-state index in [0.29, 0.717) is 0 Å². The molecule has 4 nitrogen and oxygen atoms in total. The van der Waals surface area contributed by atoms with Crippen LogP contribution in [-0.4, -0.2) is 23.6 Å². The van der Waals surface area contributed by atoms with Gasteiger partial charge in [0.25, 0.3) is 0 Å². The molecule has 0 radical (unpaired) electrons. The largest absolute Gasteiger partial charge is 0.368 e. The molecule has 0 aliphatic heterocycles. The molecule has 0 fully saturated rings. The maximum Gasteiger partial charge on any atom is 0.236 e. The Morgan fingerprint density at radius 2 is 1.94 bits per heavy atom. The first-order chi connectivity index (χ1) is 7.99. The summed E-state index contributed by atoms with van der Waals surface area (Å²) in [6, 6.07) is 7.93. The molecule has 0 aromatic heterocycles. The molecular formula is C12H16N2O2S. The Labute approximate surface area is 105 Å². The van der Waals surface area contributed by atoms with Gasteiger partial charge in [-0.3, -0.25) is 9.59 Å². The number of carbonyl (C=O) groups excluding carboxylic acids is 2. The van der Waals surface area contributed by atoms with E-state index >= 15 is 0 Å². The average molecular weight is 252 g/mol. The molecule has 0 spiro atoms. The minimum atomic E-state index is -0.536. The van der Waals surface area contributed by atoms with Crippen molar-refractivity contribution in [2.75, 3.05) is 6.54 Å². The van der Waals surface area contributed by atoms with E-state index < -0.39 is 5.91 Å². The van der Waals surface area contributed by atoms with Gasteiger partial charge in [-0.1, -0.05) is 17.7 Å². The number of primary amides is 1. The van der Waals surface area contributed by atoms with Crippen molar-refractivity contribution >= 4 is 23.6 Å². The van der Waals surface area contributed by atoms with Crippen molar-refractivity contribution in [1.29, 1.82) is 0 Å². The minimum absolute atomic E-state index is 0.113. The highest BCUT2D eigenvalue weighted by Crippen LogP contribution is 2.23. The molecule has 0 saturated carbocycles. The number of hydrogen-bond acceptors (Lipinski definition) is 3. The van der Waals surface area contributed by atoms with Crippen LogP contribution in [0.4, 0.5) is 0 Å². The number of nitrogens with two attached hydrogens (primary N) is 1. The van der Waals surface area contributed by atoms with Gasteiger partial charge in [0.05, 0.1) is 11.8 Å². The highest BCUT2D eigenvalue weighted by Gasteiger charge is 2.14. The Kier molecular flexibility index (Phi) is 5.03. The first kappa shape index (κ1) is 13.6. The minimum Gasteiger partial charge on any atom is -0.368 e. The van der Waals surface area contributed by atoms with Crippen molar-refractivity contribution in [3.05, 3.63) is 29.8 Å². The number of amides is 2. The lowest BCUT2D eigenvalue weighted by atomic mass is 10.2. The lowest BCUT2D eigenvalue weighted by molar-refractivity contribution is -0.124. The van der Waals surface area contributed by atoms with Gasteiger partial charge in [0.1, 0.15) is 0 Å². The molecule has 0 heterocycles. The van der Waals surface area contributed by atoms with Gasteiger partial charge in [-0.15, -0.1) is 11.8 Å². The van der Waals surface area contributed by atoms with E-state index in [-0.39, 0.29) is 17.7 Å². The summed E-state index contributed by atoms with van der Waals surface area (Å²) in [6.07, 6.45) is 0. The molecule has 1 rings (SSSR count). The maximum absolute atomic E-state index is 11.6. The summed E-state index contributed by atoms with van der Waals surface area (Å²) >= 11 is 1.45. The van der Waals surface area contributed by atoms with Crippen LogP contribution in [0, 0.1) is 6.92 Å². The lowest BCUT2D eigenvalue weighted by Gasteiger charge is -2.11. The summed E-state index contributed by atoms with van der Waals surface area (Å²) in [6.45, 7) is 3.69. The third-order valence-electron chi connectivity index (χ3n) is 2.14. The summed E-state index contributed by atoms with van der Waals surface area (Å²) in [5, 5.41) is 2.23. The van der Waals surface area contributed by atoms with Crippen LogP contribution in [-0.2, 0) is 9.59 Å². The Morgan fingerprint density at radius 3 is 2.47 bits per heavy atom. The Balaban J connectivity index is 2.48. The fourth-order valence-corrected chi connectivity index (χ4v) is 2.08. The third kappa shape index (κ3) is 4.91. The quantitative estimate of drug-likeness (QED) is 0.770. The lowest BCUT2D eigenvalue weighted by Crippen LogP contribution is -2.37. The summed E-state index contributed by atoms with van der Waals surface area (Å²) < 4.78 is 0. The number of benzene rings is 1. The van der Waals surface area contributed by atoms with Crippen molar-refractivity contribution in [1.82, 2.24) is 5.32 Å². The summed E-state index contributed by atoms with van der Waals surface area (Å²) in [5.41, 5.74) is 6.13. The van der Waals surface area contributed by atoms with E-state index in [9.17, 15) is 9.59 Å². The van der Waals surface area contributed by atoms with Gasteiger partial charge in [0, 0.05) is 4.90 Å². The standard InChI is InChI=1S/C12H16N2O2S/c1-8-3-5-10(6-4-8)17-9(2)12(16)14-7-11(13)15/h3-6,9H,7H2,1-2H3,(H2,13,15)(H,14,16)/t9-/m1/s1. The number of rotatable bonds is 5. The molecule has 3 N–H and O–H groups in total. The molecule has 1 aromatic carbocycles. The monoisotopic (exact) mass is 252 g/mol. The van der Waals surface area contributed by atoms with Crippen molar-refractivity contribution in [3.8, 4) is 0 Å². The van der Waals surface area contributed by atoms with Crippen LogP contribution in [0.5, 0.6) is 0 Å². The molecular weight excluding hydrogens is 236 g/mol. The molecule has 1 aromatic rings. The van der Waals surface area contributed by atoms with E-state index in [1.54, 1.807) is 6.92 Å². The fraction of sp³-hybridized carbons (Fsp3) is 0.333. The normalized spacial score (nSPS) is 11.9. The SMILES string of the molecule is Cc1ccc(S[C@H](C)C(=O)NCC(N)=O)cc1. The predicted octanol–water partition coefficient (Wildman–Crippen LogP) is 1.08. The van der Waals surface area contributed by atoms with Crippen LogP contribution in [0.2, 0.25) is 0 Å². The number of aryl methyl sites for hydroxylation is 1. The van der Waals surface area contributed by atoms with E-state index in [1.165, 1.54) is 17.3 Å². The van der Waals surface area contributed by atoms with Gasteiger partial charge in [-0.05, 0) is 26.0 Å². The molecule has 1 atom stereocenters. The molecule has 2 amide bonds. The summed E-state index contributed by atoms with van der Waals surface area (Å²) in [5.74, 6) is -0.722. The van der Waals surface area contributed by atoms with E-state index in [4.69, 9.17) is 5.73 Å².